The lowest BCUT2D eigenvalue weighted by Gasteiger charge is -2.07. The van der Waals surface area contributed by atoms with E-state index in [1.165, 1.54) is 11.1 Å². The van der Waals surface area contributed by atoms with Gasteiger partial charge in [0.2, 0.25) is 0 Å². The van der Waals surface area contributed by atoms with Gasteiger partial charge in [-0.1, -0.05) is 26.0 Å². The molecule has 0 saturated heterocycles. The van der Waals surface area contributed by atoms with Crippen molar-refractivity contribution >= 4 is 22.1 Å². The molecule has 1 aromatic heterocycles. The molecule has 0 aliphatic carbocycles. The van der Waals surface area contributed by atoms with E-state index in [0.29, 0.717) is 5.92 Å². The highest BCUT2D eigenvalue weighted by molar-refractivity contribution is 5.86. The first kappa shape index (κ1) is 11.1. The molecule has 0 saturated carbocycles. The molecular weight excluding hydrogens is 220 g/mol. The lowest BCUT2D eigenvalue weighted by atomic mass is 10.0. The number of fused-ring (bicyclic) bond motifs is 2. The van der Waals surface area contributed by atoms with Gasteiger partial charge in [-0.3, -0.25) is 0 Å². The Labute approximate surface area is 107 Å². The van der Waals surface area contributed by atoms with Crippen LogP contribution in [0, 0.1) is 6.92 Å². The lowest BCUT2D eigenvalue weighted by Crippen LogP contribution is -1.91. The molecule has 0 aliphatic rings. The number of nitrogens with zero attached hydrogens (tertiary/aromatic N) is 2. The quantitative estimate of drug-likeness (QED) is 0.591. The Morgan fingerprint density at radius 1 is 0.778 bits per heavy atom. The van der Waals surface area contributed by atoms with E-state index in [4.69, 9.17) is 4.98 Å². The number of aromatic nitrogens is 2. The van der Waals surface area contributed by atoms with Crippen LogP contribution in [0.5, 0.6) is 0 Å². The van der Waals surface area contributed by atoms with Gasteiger partial charge in [-0.25, -0.2) is 9.97 Å². The summed E-state index contributed by atoms with van der Waals surface area (Å²) in [6.07, 6.45) is 0. The van der Waals surface area contributed by atoms with Crippen LogP contribution in [0.1, 0.15) is 30.9 Å². The van der Waals surface area contributed by atoms with Crippen molar-refractivity contribution in [2.45, 2.75) is 26.7 Å². The van der Waals surface area contributed by atoms with Gasteiger partial charge in [0.15, 0.2) is 0 Å². The second-order valence-corrected chi connectivity index (χ2v) is 5.12. The molecule has 2 aromatic carbocycles. The van der Waals surface area contributed by atoms with Gasteiger partial charge in [0, 0.05) is 0 Å². The Morgan fingerprint density at radius 3 is 2.06 bits per heavy atom. The summed E-state index contributed by atoms with van der Waals surface area (Å²) in [5, 5.41) is 0. The van der Waals surface area contributed by atoms with Gasteiger partial charge >= 0.3 is 0 Å². The minimum Gasteiger partial charge on any atom is -0.244 e. The first-order valence-electron chi connectivity index (χ1n) is 6.31. The summed E-state index contributed by atoms with van der Waals surface area (Å²) in [7, 11) is 0. The average molecular weight is 236 g/mol. The Morgan fingerprint density at radius 2 is 1.39 bits per heavy atom. The molecule has 2 heteroatoms. The molecule has 0 N–H and O–H groups in total. The van der Waals surface area contributed by atoms with Crippen molar-refractivity contribution in [2.75, 3.05) is 0 Å². The van der Waals surface area contributed by atoms with Crippen molar-refractivity contribution < 1.29 is 0 Å². The molecule has 0 unspecified atom stereocenters. The van der Waals surface area contributed by atoms with Crippen LogP contribution in [-0.2, 0) is 0 Å². The maximum Gasteiger partial charge on any atom is 0.0897 e. The fourth-order valence-corrected chi connectivity index (χ4v) is 2.16. The monoisotopic (exact) mass is 236 g/mol. The Hall–Kier alpha value is -1.96. The van der Waals surface area contributed by atoms with E-state index in [2.05, 4.69) is 56.1 Å². The second kappa shape index (κ2) is 4.05. The normalized spacial score (nSPS) is 11.6. The van der Waals surface area contributed by atoms with Crippen molar-refractivity contribution in [2.24, 2.45) is 0 Å². The molecule has 1 heterocycles. The van der Waals surface area contributed by atoms with E-state index in [1.807, 2.05) is 6.07 Å². The molecule has 3 aromatic rings. The average Bonchev–Trinajstić information content (AvgIpc) is 2.35. The predicted octanol–water partition coefficient (Wildman–Crippen LogP) is 4.21. The van der Waals surface area contributed by atoms with Gasteiger partial charge in [0.1, 0.15) is 0 Å². The van der Waals surface area contributed by atoms with Crippen LogP contribution in [0.3, 0.4) is 0 Å². The maximum absolute atomic E-state index is 4.70. The SMILES string of the molecule is Cc1ccc2nc3cc(C(C)C)ccc3nc2c1. The summed E-state index contributed by atoms with van der Waals surface area (Å²) in [6, 6.07) is 12.6. The number of hydrogen-bond acceptors (Lipinski definition) is 2. The van der Waals surface area contributed by atoms with Gasteiger partial charge in [-0.15, -0.1) is 0 Å². The number of hydrogen-bond donors (Lipinski definition) is 0. The number of benzene rings is 2. The van der Waals surface area contributed by atoms with E-state index >= 15 is 0 Å². The Balaban J connectivity index is 2.31. The van der Waals surface area contributed by atoms with E-state index in [9.17, 15) is 0 Å². The summed E-state index contributed by atoms with van der Waals surface area (Å²) >= 11 is 0. The highest BCUT2D eigenvalue weighted by Crippen LogP contribution is 2.21. The third-order valence-corrected chi connectivity index (χ3v) is 3.28. The van der Waals surface area contributed by atoms with Crippen molar-refractivity contribution in [3.05, 3.63) is 47.5 Å². The van der Waals surface area contributed by atoms with Crippen LogP contribution in [0.4, 0.5) is 0 Å². The molecule has 0 bridgehead atoms. The molecule has 0 radical (unpaired) electrons. The molecule has 18 heavy (non-hydrogen) atoms. The minimum absolute atomic E-state index is 0.518. The van der Waals surface area contributed by atoms with Crippen LogP contribution in [0.2, 0.25) is 0 Å². The number of aryl methyl sites for hydroxylation is 1. The molecule has 0 atom stereocenters. The third-order valence-electron chi connectivity index (χ3n) is 3.28. The van der Waals surface area contributed by atoms with E-state index < -0.39 is 0 Å². The summed E-state index contributed by atoms with van der Waals surface area (Å²) < 4.78 is 0. The van der Waals surface area contributed by atoms with Gasteiger partial charge in [-0.05, 0) is 48.2 Å². The first-order valence-corrected chi connectivity index (χ1v) is 6.31. The lowest BCUT2D eigenvalue weighted by molar-refractivity contribution is 0.868. The molecule has 0 aliphatic heterocycles. The Bertz CT molecular complexity index is 730. The molecule has 0 spiro atoms. The highest BCUT2D eigenvalue weighted by atomic mass is 14.8. The summed E-state index contributed by atoms with van der Waals surface area (Å²) in [4.78, 5) is 9.38. The molecular formula is C16H16N2. The van der Waals surface area contributed by atoms with E-state index in [-0.39, 0.29) is 0 Å². The standard InChI is InChI=1S/C16H16N2/c1-10(2)12-5-7-14-16(9-12)18-13-6-4-11(3)8-15(13)17-14/h4-10H,1-3H3. The van der Waals surface area contributed by atoms with Gasteiger partial charge in [-0.2, -0.15) is 0 Å². The van der Waals surface area contributed by atoms with Crippen molar-refractivity contribution in [1.82, 2.24) is 9.97 Å². The minimum atomic E-state index is 0.518. The van der Waals surface area contributed by atoms with Crippen molar-refractivity contribution in [3.8, 4) is 0 Å². The van der Waals surface area contributed by atoms with Crippen LogP contribution in [-0.4, -0.2) is 9.97 Å². The molecule has 90 valence electrons. The highest BCUT2D eigenvalue weighted by Gasteiger charge is 2.05. The topological polar surface area (TPSA) is 25.8 Å². The molecule has 3 rings (SSSR count). The summed E-state index contributed by atoms with van der Waals surface area (Å²) in [5.41, 5.74) is 6.42. The fraction of sp³-hybridized carbons (Fsp3) is 0.250. The zero-order valence-corrected chi connectivity index (χ0v) is 10.9. The third kappa shape index (κ3) is 1.84. The fourth-order valence-electron chi connectivity index (χ4n) is 2.16. The van der Waals surface area contributed by atoms with Gasteiger partial charge in [0.25, 0.3) is 0 Å². The molecule has 2 nitrogen and oxygen atoms in total. The Kier molecular flexibility index (Phi) is 2.51. The first-order chi connectivity index (χ1) is 8.63. The molecule has 0 fully saturated rings. The van der Waals surface area contributed by atoms with Crippen LogP contribution in [0.25, 0.3) is 22.1 Å². The van der Waals surface area contributed by atoms with Crippen molar-refractivity contribution in [3.63, 3.8) is 0 Å². The van der Waals surface area contributed by atoms with Gasteiger partial charge < -0.3 is 0 Å². The largest absolute Gasteiger partial charge is 0.244 e. The second-order valence-electron chi connectivity index (χ2n) is 5.12. The van der Waals surface area contributed by atoms with Crippen molar-refractivity contribution in [1.29, 1.82) is 0 Å². The smallest absolute Gasteiger partial charge is 0.0897 e. The van der Waals surface area contributed by atoms with E-state index in [0.717, 1.165) is 22.1 Å². The summed E-state index contributed by atoms with van der Waals surface area (Å²) in [5.74, 6) is 0.518. The van der Waals surface area contributed by atoms with Gasteiger partial charge in [0.05, 0.1) is 22.1 Å². The zero-order valence-electron chi connectivity index (χ0n) is 10.9. The van der Waals surface area contributed by atoms with Crippen LogP contribution in [0.15, 0.2) is 36.4 Å². The summed E-state index contributed by atoms with van der Waals surface area (Å²) in [6.45, 7) is 6.46. The van der Waals surface area contributed by atoms with Crippen LogP contribution < -0.4 is 0 Å². The van der Waals surface area contributed by atoms with E-state index in [1.54, 1.807) is 0 Å². The predicted molar refractivity (Wildman–Crippen MR) is 75.9 cm³/mol. The zero-order chi connectivity index (χ0) is 12.7. The number of rotatable bonds is 1. The maximum atomic E-state index is 4.70. The van der Waals surface area contributed by atoms with Crippen LogP contribution >= 0.6 is 0 Å². The molecule has 0 amide bonds.